The lowest BCUT2D eigenvalue weighted by molar-refractivity contribution is 0.0690. The van der Waals surface area contributed by atoms with Gasteiger partial charge in [0.2, 0.25) is 0 Å². The van der Waals surface area contributed by atoms with Crippen LogP contribution >= 0.6 is 0 Å². The standard InChI is InChI=1S/C15H25N5O/c1-9(2)14-17-7-12(19-16)13(18-14)15(21)20(10(3)4)8-11-5-6-11/h7,9-11,19H,5-6,8,16H2,1-4H3. The first kappa shape index (κ1) is 15.7. The molecule has 6 heteroatoms. The molecular weight excluding hydrogens is 266 g/mol. The summed E-state index contributed by atoms with van der Waals surface area (Å²) >= 11 is 0. The Labute approximate surface area is 126 Å². The van der Waals surface area contributed by atoms with Gasteiger partial charge in [-0.15, -0.1) is 0 Å². The van der Waals surface area contributed by atoms with Crippen molar-refractivity contribution in [2.45, 2.75) is 52.5 Å². The predicted molar refractivity (Wildman–Crippen MR) is 82.8 cm³/mol. The van der Waals surface area contributed by atoms with Gasteiger partial charge in [0.1, 0.15) is 5.82 Å². The number of nitrogens with zero attached hydrogens (tertiary/aromatic N) is 3. The van der Waals surface area contributed by atoms with Crippen LogP contribution in [0.15, 0.2) is 6.20 Å². The SMILES string of the molecule is CC(C)c1ncc(NN)c(C(=O)N(CC2CC2)C(C)C)n1. The molecule has 1 aromatic rings. The van der Waals surface area contributed by atoms with E-state index in [2.05, 4.69) is 15.4 Å². The maximum absolute atomic E-state index is 12.8. The summed E-state index contributed by atoms with van der Waals surface area (Å²) in [5.74, 6) is 6.89. The fraction of sp³-hybridized carbons (Fsp3) is 0.667. The molecule has 0 radical (unpaired) electrons. The van der Waals surface area contributed by atoms with Crippen molar-refractivity contribution in [3.05, 3.63) is 17.7 Å². The number of aromatic nitrogens is 2. The molecule has 0 aromatic carbocycles. The topological polar surface area (TPSA) is 84.1 Å². The Bertz CT molecular complexity index is 511. The number of carbonyl (C=O) groups is 1. The molecule has 1 aromatic heterocycles. The summed E-state index contributed by atoms with van der Waals surface area (Å²) < 4.78 is 0. The van der Waals surface area contributed by atoms with E-state index in [0.717, 1.165) is 6.54 Å². The Morgan fingerprint density at radius 3 is 2.57 bits per heavy atom. The van der Waals surface area contributed by atoms with E-state index in [9.17, 15) is 4.79 Å². The molecule has 21 heavy (non-hydrogen) atoms. The number of hydrogen-bond donors (Lipinski definition) is 2. The smallest absolute Gasteiger partial charge is 0.275 e. The fourth-order valence-electron chi connectivity index (χ4n) is 2.19. The number of nitrogens with two attached hydrogens (primary N) is 1. The minimum Gasteiger partial charge on any atom is -0.335 e. The van der Waals surface area contributed by atoms with Crippen LogP contribution in [0.1, 0.15) is 62.8 Å². The number of hydrazine groups is 1. The lowest BCUT2D eigenvalue weighted by Gasteiger charge is -2.27. The number of nitrogen functional groups attached to an aromatic ring is 1. The Morgan fingerprint density at radius 1 is 1.43 bits per heavy atom. The summed E-state index contributed by atoms with van der Waals surface area (Å²) in [7, 11) is 0. The van der Waals surface area contributed by atoms with Crippen molar-refractivity contribution in [3.8, 4) is 0 Å². The van der Waals surface area contributed by atoms with E-state index in [1.54, 1.807) is 6.20 Å². The molecule has 0 spiro atoms. The fourth-order valence-corrected chi connectivity index (χ4v) is 2.19. The van der Waals surface area contributed by atoms with Gasteiger partial charge < -0.3 is 10.3 Å². The largest absolute Gasteiger partial charge is 0.335 e. The molecule has 0 atom stereocenters. The van der Waals surface area contributed by atoms with Crippen LogP contribution < -0.4 is 11.3 Å². The molecule has 6 nitrogen and oxygen atoms in total. The molecule has 0 saturated heterocycles. The summed E-state index contributed by atoms with van der Waals surface area (Å²) in [6.07, 6.45) is 4.00. The van der Waals surface area contributed by atoms with Crippen LogP contribution in [0, 0.1) is 5.92 Å². The van der Waals surface area contributed by atoms with Crippen molar-refractivity contribution < 1.29 is 4.79 Å². The third-order valence-corrected chi connectivity index (χ3v) is 3.72. The Balaban J connectivity index is 2.31. The first-order valence-corrected chi connectivity index (χ1v) is 7.58. The Hall–Kier alpha value is -1.69. The highest BCUT2D eigenvalue weighted by atomic mass is 16.2. The van der Waals surface area contributed by atoms with Crippen molar-refractivity contribution in [2.75, 3.05) is 12.0 Å². The molecule has 1 fully saturated rings. The second-order valence-electron chi connectivity index (χ2n) is 6.28. The first-order valence-electron chi connectivity index (χ1n) is 7.58. The molecule has 1 aliphatic rings. The highest BCUT2D eigenvalue weighted by Crippen LogP contribution is 2.31. The van der Waals surface area contributed by atoms with E-state index in [1.165, 1.54) is 12.8 Å². The molecule has 1 saturated carbocycles. The van der Waals surface area contributed by atoms with Crippen molar-refractivity contribution in [1.82, 2.24) is 14.9 Å². The van der Waals surface area contributed by atoms with Crippen molar-refractivity contribution in [2.24, 2.45) is 11.8 Å². The van der Waals surface area contributed by atoms with E-state index in [0.29, 0.717) is 23.1 Å². The van der Waals surface area contributed by atoms with Crippen LogP contribution in [0.4, 0.5) is 5.69 Å². The molecule has 1 amide bonds. The van der Waals surface area contributed by atoms with E-state index < -0.39 is 0 Å². The number of anilines is 1. The lowest BCUT2D eigenvalue weighted by Crippen LogP contribution is -2.39. The van der Waals surface area contributed by atoms with Gasteiger partial charge in [0.15, 0.2) is 5.69 Å². The molecule has 0 bridgehead atoms. The van der Waals surface area contributed by atoms with Gasteiger partial charge in [-0.3, -0.25) is 10.6 Å². The quantitative estimate of drug-likeness (QED) is 0.619. The number of amides is 1. The average Bonchev–Trinajstić information content (AvgIpc) is 3.27. The average molecular weight is 291 g/mol. The third-order valence-electron chi connectivity index (χ3n) is 3.72. The zero-order chi connectivity index (χ0) is 15.6. The summed E-state index contributed by atoms with van der Waals surface area (Å²) in [5.41, 5.74) is 3.38. The maximum Gasteiger partial charge on any atom is 0.275 e. The number of hydrogen-bond acceptors (Lipinski definition) is 5. The van der Waals surface area contributed by atoms with Crippen LogP contribution in [0.2, 0.25) is 0 Å². The Kier molecular flexibility index (Phi) is 4.77. The van der Waals surface area contributed by atoms with Gasteiger partial charge in [0.05, 0.1) is 11.9 Å². The minimum absolute atomic E-state index is 0.0749. The molecular formula is C15H25N5O. The van der Waals surface area contributed by atoms with Gasteiger partial charge in [-0.2, -0.15) is 0 Å². The van der Waals surface area contributed by atoms with E-state index in [-0.39, 0.29) is 17.9 Å². The van der Waals surface area contributed by atoms with Crippen LogP contribution in [0.25, 0.3) is 0 Å². The molecule has 1 heterocycles. The van der Waals surface area contributed by atoms with E-state index >= 15 is 0 Å². The van der Waals surface area contributed by atoms with Gasteiger partial charge in [-0.1, -0.05) is 13.8 Å². The van der Waals surface area contributed by atoms with Crippen LogP contribution in [-0.2, 0) is 0 Å². The molecule has 0 unspecified atom stereocenters. The van der Waals surface area contributed by atoms with Crippen LogP contribution in [0.5, 0.6) is 0 Å². The highest BCUT2D eigenvalue weighted by Gasteiger charge is 2.30. The molecule has 3 N–H and O–H groups in total. The zero-order valence-corrected chi connectivity index (χ0v) is 13.3. The minimum atomic E-state index is -0.0749. The summed E-state index contributed by atoms with van der Waals surface area (Å²) in [6, 6.07) is 0.140. The van der Waals surface area contributed by atoms with E-state index in [1.807, 2.05) is 32.6 Å². The molecule has 116 valence electrons. The first-order chi connectivity index (χ1) is 9.93. The summed E-state index contributed by atoms with van der Waals surface area (Å²) in [6.45, 7) is 8.86. The molecule has 2 rings (SSSR count). The normalized spacial score (nSPS) is 14.6. The maximum atomic E-state index is 12.8. The number of carbonyl (C=O) groups excluding carboxylic acids is 1. The van der Waals surface area contributed by atoms with Crippen LogP contribution in [-0.4, -0.2) is 33.4 Å². The Morgan fingerprint density at radius 2 is 2.10 bits per heavy atom. The summed E-state index contributed by atoms with van der Waals surface area (Å²) in [4.78, 5) is 23.4. The number of nitrogens with one attached hydrogen (secondary N) is 1. The molecule has 1 aliphatic carbocycles. The van der Waals surface area contributed by atoms with Crippen molar-refractivity contribution in [3.63, 3.8) is 0 Å². The van der Waals surface area contributed by atoms with Crippen molar-refractivity contribution in [1.29, 1.82) is 0 Å². The van der Waals surface area contributed by atoms with Gasteiger partial charge in [-0.25, -0.2) is 9.97 Å². The van der Waals surface area contributed by atoms with Gasteiger partial charge in [-0.05, 0) is 32.6 Å². The van der Waals surface area contributed by atoms with Gasteiger partial charge >= 0.3 is 0 Å². The molecule has 0 aliphatic heterocycles. The number of rotatable bonds is 6. The highest BCUT2D eigenvalue weighted by molar-refractivity contribution is 5.97. The predicted octanol–water partition coefficient (Wildman–Crippen LogP) is 2.15. The van der Waals surface area contributed by atoms with Gasteiger partial charge in [0, 0.05) is 18.5 Å². The third kappa shape index (κ3) is 3.69. The van der Waals surface area contributed by atoms with Crippen LogP contribution in [0.3, 0.4) is 0 Å². The second-order valence-corrected chi connectivity index (χ2v) is 6.28. The lowest BCUT2D eigenvalue weighted by atomic mass is 10.2. The second kappa shape index (κ2) is 6.39. The van der Waals surface area contributed by atoms with Crippen molar-refractivity contribution >= 4 is 11.6 Å². The van der Waals surface area contributed by atoms with E-state index in [4.69, 9.17) is 5.84 Å². The zero-order valence-electron chi connectivity index (χ0n) is 13.3. The van der Waals surface area contributed by atoms with Gasteiger partial charge in [0.25, 0.3) is 5.91 Å². The monoisotopic (exact) mass is 291 g/mol. The summed E-state index contributed by atoms with van der Waals surface area (Å²) in [5, 5.41) is 0.